The third kappa shape index (κ3) is 5.81. The first-order valence-corrected chi connectivity index (χ1v) is 6.64. The van der Waals surface area contributed by atoms with Gasteiger partial charge in [0.1, 0.15) is 0 Å². The number of amides is 2. The summed E-state index contributed by atoms with van der Waals surface area (Å²) in [5, 5.41) is 8.76. The minimum absolute atomic E-state index is 0.100. The van der Waals surface area contributed by atoms with Crippen LogP contribution in [0.15, 0.2) is 30.3 Å². The lowest BCUT2D eigenvalue weighted by atomic mass is 10.2. The number of likely N-dealkylation sites (N-methyl/N-ethyl adjacent to an activating group) is 1. The number of hydrogen-bond acceptors (Lipinski definition) is 4. The van der Waals surface area contributed by atoms with Crippen molar-refractivity contribution < 1.29 is 14.7 Å². The maximum absolute atomic E-state index is 11.7. The van der Waals surface area contributed by atoms with E-state index in [4.69, 9.17) is 5.11 Å². The van der Waals surface area contributed by atoms with Gasteiger partial charge >= 0.3 is 0 Å². The van der Waals surface area contributed by atoms with Crippen molar-refractivity contribution in [3.8, 4) is 0 Å². The quantitative estimate of drug-likeness (QED) is 0.621. The van der Waals surface area contributed by atoms with E-state index in [9.17, 15) is 9.59 Å². The normalized spacial score (nSPS) is 10.3. The van der Waals surface area contributed by atoms with Crippen molar-refractivity contribution in [3.05, 3.63) is 35.9 Å². The van der Waals surface area contributed by atoms with Crippen LogP contribution < -0.4 is 10.9 Å². The molecule has 0 unspecified atom stereocenters. The first kappa shape index (κ1) is 16.1. The van der Waals surface area contributed by atoms with E-state index in [0.717, 1.165) is 0 Å². The molecule has 1 aromatic carbocycles. The molecule has 2 amide bonds. The van der Waals surface area contributed by atoms with Gasteiger partial charge in [0.05, 0.1) is 6.54 Å². The first-order valence-electron chi connectivity index (χ1n) is 6.64. The summed E-state index contributed by atoms with van der Waals surface area (Å²) >= 11 is 0. The first-order chi connectivity index (χ1) is 9.67. The van der Waals surface area contributed by atoms with Gasteiger partial charge in [0.25, 0.3) is 11.8 Å². The van der Waals surface area contributed by atoms with Gasteiger partial charge in [-0.25, -0.2) is 0 Å². The fraction of sp³-hybridized carbons (Fsp3) is 0.429. The van der Waals surface area contributed by atoms with Crippen LogP contribution in [-0.2, 0) is 4.79 Å². The lowest BCUT2D eigenvalue weighted by molar-refractivity contribution is -0.123. The highest BCUT2D eigenvalue weighted by Gasteiger charge is 2.10. The summed E-state index contributed by atoms with van der Waals surface area (Å²) in [5.41, 5.74) is 5.24. The van der Waals surface area contributed by atoms with Crippen LogP contribution in [0.5, 0.6) is 0 Å². The maximum Gasteiger partial charge on any atom is 0.269 e. The SMILES string of the molecule is CCN(CCCO)CC(=O)NNC(=O)c1ccccc1. The molecule has 1 rings (SSSR count). The summed E-state index contributed by atoms with van der Waals surface area (Å²) in [6.07, 6.45) is 0.623. The lowest BCUT2D eigenvalue weighted by Gasteiger charge is -2.19. The Bertz CT molecular complexity index is 423. The molecule has 0 spiro atoms. The molecule has 0 heterocycles. The van der Waals surface area contributed by atoms with Gasteiger partial charge in [-0.15, -0.1) is 0 Å². The maximum atomic E-state index is 11.7. The van der Waals surface area contributed by atoms with Gasteiger partial charge in [-0.3, -0.25) is 25.3 Å². The molecule has 0 atom stereocenters. The topological polar surface area (TPSA) is 81.7 Å². The second-order valence-electron chi connectivity index (χ2n) is 4.31. The molecule has 0 fully saturated rings. The Morgan fingerprint density at radius 2 is 1.90 bits per heavy atom. The van der Waals surface area contributed by atoms with Crippen LogP contribution >= 0.6 is 0 Å². The fourth-order valence-electron chi connectivity index (χ4n) is 1.67. The molecular formula is C14H21N3O3. The number of rotatable bonds is 7. The fourth-order valence-corrected chi connectivity index (χ4v) is 1.67. The van der Waals surface area contributed by atoms with E-state index in [1.54, 1.807) is 24.3 Å². The molecule has 0 bridgehead atoms. The minimum atomic E-state index is -0.350. The zero-order valence-corrected chi connectivity index (χ0v) is 11.6. The average Bonchev–Trinajstić information content (AvgIpc) is 2.49. The van der Waals surface area contributed by atoms with Crippen molar-refractivity contribution >= 4 is 11.8 Å². The molecule has 110 valence electrons. The van der Waals surface area contributed by atoms with Crippen molar-refractivity contribution in [1.29, 1.82) is 0 Å². The van der Waals surface area contributed by atoms with Gasteiger partial charge in [0, 0.05) is 18.7 Å². The van der Waals surface area contributed by atoms with Crippen LogP contribution in [0.3, 0.4) is 0 Å². The predicted octanol–water partition coefficient (Wildman–Crippen LogP) is 0.152. The summed E-state index contributed by atoms with van der Waals surface area (Å²) in [6.45, 7) is 3.58. The van der Waals surface area contributed by atoms with Crippen LogP contribution in [0.4, 0.5) is 0 Å². The Balaban J connectivity index is 2.34. The Hall–Kier alpha value is -1.92. The molecule has 0 aliphatic rings. The number of hydrazine groups is 1. The number of carbonyl (C=O) groups is 2. The molecule has 0 aromatic heterocycles. The average molecular weight is 279 g/mol. The molecule has 3 N–H and O–H groups in total. The second-order valence-corrected chi connectivity index (χ2v) is 4.31. The van der Waals surface area contributed by atoms with Gasteiger partial charge in [-0.1, -0.05) is 25.1 Å². The molecule has 20 heavy (non-hydrogen) atoms. The summed E-state index contributed by atoms with van der Waals surface area (Å²) in [5.74, 6) is -0.633. The van der Waals surface area contributed by atoms with Crippen molar-refractivity contribution in [2.45, 2.75) is 13.3 Å². The highest BCUT2D eigenvalue weighted by atomic mass is 16.3. The molecular weight excluding hydrogens is 258 g/mol. The number of hydrogen-bond donors (Lipinski definition) is 3. The molecule has 0 saturated heterocycles. The third-order valence-electron chi connectivity index (χ3n) is 2.80. The van der Waals surface area contributed by atoms with Crippen LogP contribution in [0.1, 0.15) is 23.7 Å². The molecule has 0 radical (unpaired) electrons. The van der Waals surface area contributed by atoms with Gasteiger partial charge in [-0.05, 0) is 25.1 Å². The van der Waals surface area contributed by atoms with E-state index >= 15 is 0 Å². The molecule has 6 heteroatoms. The smallest absolute Gasteiger partial charge is 0.269 e. The molecule has 0 aliphatic carbocycles. The Morgan fingerprint density at radius 3 is 2.50 bits per heavy atom. The molecule has 1 aromatic rings. The Kier molecular flexibility index (Phi) is 7.31. The van der Waals surface area contributed by atoms with E-state index in [0.29, 0.717) is 25.1 Å². The van der Waals surface area contributed by atoms with Crippen molar-refractivity contribution in [2.24, 2.45) is 0 Å². The van der Waals surface area contributed by atoms with E-state index in [1.807, 2.05) is 17.9 Å². The third-order valence-corrected chi connectivity index (χ3v) is 2.80. The highest BCUT2D eigenvalue weighted by Crippen LogP contribution is 1.96. The van der Waals surface area contributed by atoms with Crippen LogP contribution in [0.25, 0.3) is 0 Å². The number of aliphatic hydroxyl groups is 1. The van der Waals surface area contributed by atoms with Crippen molar-refractivity contribution in [3.63, 3.8) is 0 Å². The second kappa shape index (κ2) is 9.06. The van der Waals surface area contributed by atoms with Gasteiger partial charge in [-0.2, -0.15) is 0 Å². The zero-order valence-electron chi connectivity index (χ0n) is 11.6. The number of nitrogens with one attached hydrogen (secondary N) is 2. The lowest BCUT2D eigenvalue weighted by Crippen LogP contribution is -2.46. The highest BCUT2D eigenvalue weighted by molar-refractivity contribution is 5.95. The minimum Gasteiger partial charge on any atom is -0.396 e. The summed E-state index contributed by atoms with van der Waals surface area (Å²) in [6, 6.07) is 8.66. The summed E-state index contributed by atoms with van der Waals surface area (Å²) < 4.78 is 0. The Labute approximate surface area is 118 Å². The monoisotopic (exact) mass is 279 g/mol. The zero-order chi connectivity index (χ0) is 14.8. The van der Waals surface area contributed by atoms with E-state index < -0.39 is 0 Å². The number of carbonyl (C=O) groups excluding carboxylic acids is 2. The summed E-state index contributed by atoms with van der Waals surface area (Å²) in [4.78, 5) is 25.3. The molecule has 0 aliphatic heterocycles. The molecule has 0 saturated carbocycles. The number of aliphatic hydroxyl groups excluding tert-OH is 1. The predicted molar refractivity (Wildman–Crippen MR) is 75.9 cm³/mol. The van der Waals surface area contributed by atoms with Gasteiger partial charge < -0.3 is 5.11 Å². The van der Waals surface area contributed by atoms with Gasteiger partial charge in [0.15, 0.2) is 0 Å². The Morgan fingerprint density at radius 1 is 1.20 bits per heavy atom. The summed E-state index contributed by atoms with van der Waals surface area (Å²) in [7, 11) is 0. The standard InChI is InChI=1S/C14H21N3O3/c1-2-17(9-6-10-18)11-13(19)15-16-14(20)12-7-4-3-5-8-12/h3-5,7-8,18H,2,6,9-11H2,1H3,(H,15,19)(H,16,20). The van der Waals surface area contributed by atoms with E-state index in [-0.39, 0.29) is 25.0 Å². The van der Waals surface area contributed by atoms with Crippen molar-refractivity contribution in [1.82, 2.24) is 15.8 Å². The van der Waals surface area contributed by atoms with Crippen molar-refractivity contribution in [2.75, 3.05) is 26.2 Å². The van der Waals surface area contributed by atoms with Crippen LogP contribution in [0, 0.1) is 0 Å². The number of benzene rings is 1. The van der Waals surface area contributed by atoms with E-state index in [2.05, 4.69) is 10.9 Å². The largest absolute Gasteiger partial charge is 0.396 e. The van der Waals surface area contributed by atoms with E-state index in [1.165, 1.54) is 0 Å². The number of nitrogens with zero attached hydrogens (tertiary/aromatic N) is 1. The van der Waals surface area contributed by atoms with Gasteiger partial charge in [0.2, 0.25) is 0 Å². The molecule has 6 nitrogen and oxygen atoms in total. The van der Waals surface area contributed by atoms with Crippen LogP contribution in [-0.4, -0.2) is 48.1 Å². The van der Waals surface area contributed by atoms with Crippen LogP contribution in [0.2, 0.25) is 0 Å².